The van der Waals surface area contributed by atoms with Gasteiger partial charge in [-0.15, -0.1) is 11.6 Å². The van der Waals surface area contributed by atoms with Gasteiger partial charge in [0.05, 0.1) is 6.61 Å². The molecule has 104 valence electrons. The molecule has 0 radical (unpaired) electrons. The van der Waals surface area contributed by atoms with Crippen molar-refractivity contribution in [2.75, 3.05) is 6.61 Å². The van der Waals surface area contributed by atoms with Crippen molar-refractivity contribution in [3.05, 3.63) is 28.3 Å². The topological polar surface area (TPSA) is 9.23 Å². The standard InChI is InChI=1S/C16H20Cl2O/c17-14-9-12(16-13(10-14)7-8-19-16)5-6-15(18)11-3-1-2-4-11/h9-11,15H,1-8H2. The highest BCUT2D eigenvalue weighted by Crippen LogP contribution is 2.36. The molecule has 1 aromatic carbocycles. The van der Waals surface area contributed by atoms with Gasteiger partial charge in [-0.3, -0.25) is 0 Å². The Bertz CT molecular complexity index is 452. The molecule has 0 saturated heterocycles. The molecular weight excluding hydrogens is 279 g/mol. The monoisotopic (exact) mass is 298 g/mol. The second kappa shape index (κ2) is 5.93. The summed E-state index contributed by atoms with van der Waals surface area (Å²) < 4.78 is 5.74. The second-order valence-electron chi connectivity index (χ2n) is 5.75. The molecule has 1 fully saturated rings. The first kappa shape index (κ1) is 13.6. The fourth-order valence-electron chi connectivity index (χ4n) is 3.38. The number of halogens is 2. The van der Waals surface area contributed by atoms with Crippen LogP contribution in [0, 0.1) is 5.92 Å². The molecule has 1 aromatic rings. The van der Waals surface area contributed by atoms with Crippen LogP contribution < -0.4 is 4.74 Å². The summed E-state index contributed by atoms with van der Waals surface area (Å²) in [6.07, 6.45) is 8.30. The van der Waals surface area contributed by atoms with Crippen LogP contribution in [-0.2, 0) is 12.8 Å². The average Bonchev–Trinajstić information content (AvgIpc) is 3.05. The van der Waals surface area contributed by atoms with Crippen LogP contribution in [-0.4, -0.2) is 12.0 Å². The highest BCUT2D eigenvalue weighted by molar-refractivity contribution is 6.30. The van der Waals surface area contributed by atoms with Crippen molar-refractivity contribution in [3.63, 3.8) is 0 Å². The number of fused-ring (bicyclic) bond motifs is 1. The molecule has 0 amide bonds. The van der Waals surface area contributed by atoms with E-state index < -0.39 is 0 Å². The van der Waals surface area contributed by atoms with Crippen LogP contribution in [0.25, 0.3) is 0 Å². The SMILES string of the molecule is Clc1cc2c(c(CCC(Cl)C3CCCC3)c1)OCC2. The third kappa shape index (κ3) is 3.03. The summed E-state index contributed by atoms with van der Waals surface area (Å²) in [6, 6.07) is 4.08. The van der Waals surface area contributed by atoms with Crippen LogP contribution in [0.3, 0.4) is 0 Å². The first-order chi connectivity index (χ1) is 9.24. The van der Waals surface area contributed by atoms with Crippen molar-refractivity contribution in [1.29, 1.82) is 0 Å². The van der Waals surface area contributed by atoms with Crippen LogP contribution in [0.5, 0.6) is 5.75 Å². The highest BCUT2D eigenvalue weighted by atomic mass is 35.5. The maximum absolute atomic E-state index is 6.55. The molecule has 0 aromatic heterocycles. The molecule has 1 heterocycles. The molecule has 0 N–H and O–H groups in total. The van der Waals surface area contributed by atoms with E-state index in [0.717, 1.165) is 42.6 Å². The average molecular weight is 299 g/mol. The van der Waals surface area contributed by atoms with Crippen molar-refractivity contribution in [2.45, 2.75) is 50.3 Å². The van der Waals surface area contributed by atoms with E-state index in [4.69, 9.17) is 27.9 Å². The maximum atomic E-state index is 6.55. The summed E-state index contributed by atoms with van der Waals surface area (Å²) in [5, 5.41) is 1.13. The van der Waals surface area contributed by atoms with Gasteiger partial charge in [0.15, 0.2) is 0 Å². The lowest BCUT2D eigenvalue weighted by molar-refractivity contribution is 0.352. The zero-order valence-corrected chi connectivity index (χ0v) is 12.6. The van der Waals surface area contributed by atoms with Crippen LogP contribution >= 0.6 is 23.2 Å². The molecule has 3 heteroatoms. The molecule has 0 spiro atoms. The first-order valence-corrected chi connectivity index (χ1v) is 8.13. The van der Waals surface area contributed by atoms with E-state index in [1.54, 1.807) is 0 Å². The fourth-order valence-corrected chi connectivity index (χ4v) is 4.00. The summed E-state index contributed by atoms with van der Waals surface area (Å²) >= 11 is 12.7. The van der Waals surface area contributed by atoms with Gasteiger partial charge in [0.25, 0.3) is 0 Å². The number of aryl methyl sites for hydroxylation is 1. The van der Waals surface area contributed by atoms with Crippen molar-refractivity contribution < 1.29 is 4.74 Å². The normalized spacial score (nSPS) is 20.3. The molecule has 19 heavy (non-hydrogen) atoms. The number of ether oxygens (including phenoxy) is 1. The van der Waals surface area contributed by atoms with Gasteiger partial charge in [-0.2, -0.15) is 0 Å². The molecule has 1 saturated carbocycles. The van der Waals surface area contributed by atoms with Crippen LogP contribution in [0.2, 0.25) is 5.02 Å². The van der Waals surface area contributed by atoms with Crippen molar-refractivity contribution in [2.24, 2.45) is 5.92 Å². The molecule has 1 aliphatic carbocycles. The Morgan fingerprint density at radius 3 is 2.84 bits per heavy atom. The zero-order chi connectivity index (χ0) is 13.2. The number of rotatable bonds is 4. The Morgan fingerprint density at radius 1 is 1.26 bits per heavy atom. The second-order valence-corrected chi connectivity index (χ2v) is 6.75. The first-order valence-electron chi connectivity index (χ1n) is 7.32. The highest BCUT2D eigenvalue weighted by Gasteiger charge is 2.24. The molecule has 1 aliphatic heterocycles. The van der Waals surface area contributed by atoms with Gasteiger partial charge in [-0.05, 0) is 54.9 Å². The van der Waals surface area contributed by atoms with E-state index in [1.165, 1.54) is 36.8 Å². The van der Waals surface area contributed by atoms with E-state index in [1.807, 2.05) is 12.1 Å². The van der Waals surface area contributed by atoms with Crippen LogP contribution in [0.15, 0.2) is 12.1 Å². The molecule has 1 nitrogen and oxygen atoms in total. The Morgan fingerprint density at radius 2 is 2.05 bits per heavy atom. The van der Waals surface area contributed by atoms with E-state index in [-0.39, 0.29) is 0 Å². The summed E-state index contributed by atoms with van der Waals surface area (Å²) in [7, 11) is 0. The molecule has 1 unspecified atom stereocenters. The molecular formula is C16H20Cl2O. The minimum Gasteiger partial charge on any atom is -0.493 e. The van der Waals surface area contributed by atoms with Crippen molar-refractivity contribution >= 4 is 23.2 Å². The Hall–Kier alpha value is -0.400. The lowest BCUT2D eigenvalue weighted by Gasteiger charge is -2.17. The molecule has 0 bridgehead atoms. The van der Waals surface area contributed by atoms with Crippen molar-refractivity contribution in [1.82, 2.24) is 0 Å². The Labute approximate surface area is 125 Å². The molecule has 3 rings (SSSR count). The van der Waals surface area contributed by atoms with Gasteiger partial charge in [-0.1, -0.05) is 24.4 Å². The van der Waals surface area contributed by atoms with E-state index >= 15 is 0 Å². The maximum Gasteiger partial charge on any atom is 0.125 e. The van der Waals surface area contributed by atoms with Gasteiger partial charge in [-0.25, -0.2) is 0 Å². The summed E-state index contributed by atoms with van der Waals surface area (Å²) in [6.45, 7) is 0.787. The third-order valence-electron chi connectivity index (χ3n) is 4.43. The quantitative estimate of drug-likeness (QED) is 0.710. The summed E-state index contributed by atoms with van der Waals surface area (Å²) in [5.74, 6) is 1.79. The Kier molecular flexibility index (Phi) is 4.24. The number of hydrogen-bond acceptors (Lipinski definition) is 1. The minimum absolute atomic E-state index is 0.304. The van der Waals surface area contributed by atoms with Gasteiger partial charge in [0, 0.05) is 16.8 Å². The van der Waals surface area contributed by atoms with E-state index in [0.29, 0.717) is 5.38 Å². The summed E-state index contributed by atoms with van der Waals surface area (Å²) in [4.78, 5) is 0. The summed E-state index contributed by atoms with van der Waals surface area (Å²) in [5.41, 5.74) is 2.50. The number of alkyl halides is 1. The van der Waals surface area contributed by atoms with Gasteiger partial charge < -0.3 is 4.74 Å². The van der Waals surface area contributed by atoms with Gasteiger partial charge in [0.1, 0.15) is 5.75 Å². The van der Waals surface area contributed by atoms with Gasteiger partial charge >= 0.3 is 0 Å². The predicted octanol–water partition coefficient (Wildman–Crippen LogP) is 5.01. The van der Waals surface area contributed by atoms with E-state index in [2.05, 4.69) is 0 Å². The fraction of sp³-hybridized carbons (Fsp3) is 0.625. The number of benzene rings is 1. The van der Waals surface area contributed by atoms with E-state index in [9.17, 15) is 0 Å². The Balaban J connectivity index is 1.66. The third-order valence-corrected chi connectivity index (χ3v) is 5.22. The molecule has 2 aliphatic rings. The lowest BCUT2D eigenvalue weighted by atomic mass is 9.96. The predicted molar refractivity (Wildman–Crippen MR) is 80.6 cm³/mol. The van der Waals surface area contributed by atoms with Gasteiger partial charge in [0.2, 0.25) is 0 Å². The smallest absolute Gasteiger partial charge is 0.125 e. The lowest BCUT2D eigenvalue weighted by Crippen LogP contribution is -2.12. The largest absolute Gasteiger partial charge is 0.493 e. The molecule has 1 atom stereocenters. The van der Waals surface area contributed by atoms with Crippen LogP contribution in [0.4, 0.5) is 0 Å². The zero-order valence-electron chi connectivity index (χ0n) is 11.1. The van der Waals surface area contributed by atoms with Crippen LogP contribution in [0.1, 0.15) is 43.2 Å². The van der Waals surface area contributed by atoms with Crippen molar-refractivity contribution in [3.8, 4) is 5.75 Å². The number of hydrogen-bond donors (Lipinski definition) is 0. The minimum atomic E-state index is 0.304.